The zero-order chi connectivity index (χ0) is 23.9. The van der Waals surface area contributed by atoms with Crippen molar-refractivity contribution in [2.24, 2.45) is 5.92 Å². The fourth-order valence-corrected chi connectivity index (χ4v) is 5.06. The number of carbonyl (C=O) groups is 3. The Bertz CT molecular complexity index is 986. The lowest BCUT2D eigenvalue weighted by Crippen LogP contribution is -2.41. The third-order valence-corrected chi connectivity index (χ3v) is 6.88. The van der Waals surface area contributed by atoms with Crippen molar-refractivity contribution in [3.8, 4) is 11.1 Å². The van der Waals surface area contributed by atoms with Crippen molar-refractivity contribution in [2.75, 3.05) is 13.2 Å². The van der Waals surface area contributed by atoms with Crippen LogP contribution < -0.4 is 10.6 Å². The zero-order valence-electron chi connectivity index (χ0n) is 19.3. The molecule has 0 spiro atoms. The third-order valence-electron chi connectivity index (χ3n) is 6.88. The molecule has 0 heterocycles. The summed E-state index contributed by atoms with van der Waals surface area (Å²) < 4.78 is 5.47. The predicted molar refractivity (Wildman–Crippen MR) is 128 cm³/mol. The quantitative estimate of drug-likeness (QED) is 0.451. The summed E-state index contributed by atoms with van der Waals surface area (Å²) in [7, 11) is 0. The number of fused-ring (bicyclic) bond motifs is 3. The Labute approximate surface area is 199 Å². The largest absolute Gasteiger partial charge is 0.480 e. The number of aliphatic carboxylic acids is 1. The molecule has 2 aromatic rings. The van der Waals surface area contributed by atoms with Gasteiger partial charge in [0, 0.05) is 18.4 Å². The second-order valence-corrected chi connectivity index (χ2v) is 9.13. The van der Waals surface area contributed by atoms with Gasteiger partial charge < -0.3 is 20.5 Å². The summed E-state index contributed by atoms with van der Waals surface area (Å²) in [6.45, 7) is 0.659. The molecule has 0 bridgehead atoms. The first kappa shape index (κ1) is 23.8. The van der Waals surface area contributed by atoms with E-state index in [2.05, 4.69) is 22.8 Å². The molecule has 3 N–H and O–H groups in total. The highest BCUT2D eigenvalue weighted by molar-refractivity contribution is 5.81. The highest BCUT2D eigenvalue weighted by atomic mass is 16.5. The molecule has 34 heavy (non-hydrogen) atoms. The highest BCUT2D eigenvalue weighted by Crippen LogP contribution is 2.44. The van der Waals surface area contributed by atoms with Gasteiger partial charge in [0.05, 0.1) is 0 Å². The van der Waals surface area contributed by atoms with Gasteiger partial charge >= 0.3 is 12.1 Å². The Kier molecular flexibility index (Phi) is 7.83. The number of carboxylic acid groups (broad SMARTS) is 1. The van der Waals surface area contributed by atoms with Crippen LogP contribution in [0, 0.1) is 5.92 Å². The first-order valence-corrected chi connectivity index (χ1v) is 12.2. The molecule has 4 rings (SSSR count). The molecule has 7 heteroatoms. The molecule has 2 aliphatic carbocycles. The fourth-order valence-electron chi connectivity index (χ4n) is 5.06. The van der Waals surface area contributed by atoms with E-state index in [1.807, 2.05) is 36.4 Å². The van der Waals surface area contributed by atoms with Crippen molar-refractivity contribution in [3.63, 3.8) is 0 Å². The number of carboxylic acids is 1. The minimum absolute atomic E-state index is 0.0788. The molecule has 1 saturated carbocycles. The van der Waals surface area contributed by atoms with E-state index < -0.39 is 18.1 Å². The number of carbonyl (C=O) groups excluding carboxylic acids is 2. The Morgan fingerprint density at radius 2 is 1.56 bits per heavy atom. The molecular weight excluding hydrogens is 432 g/mol. The van der Waals surface area contributed by atoms with E-state index in [1.165, 1.54) is 0 Å². The number of rotatable bonds is 10. The Morgan fingerprint density at radius 1 is 0.941 bits per heavy atom. The number of ether oxygens (including phenoxy) is 1. The van der Waals surface area contributed by atoms with E-state index >= 15 is 0 Å². The molecule has 0 saturated heterocycles. The maximum atomic E-state index is 12.4. The standard InChI is InChI=1S/C27H32N2O5/c30-25(18-9-1-2-10-18)28-16-8-7-15-24(26(31)32)29-27(33)34-17-23-21-13-5-3-11-19(21)20-12-4-6-14-22(20)23/h3-6,11-14,18,23-24H,1-2,7-10,15-17H2,(H,28,30)(H,29,33)(H,31,32)/t24-/m0/s1. The SMILES string of the molecule is O=C(N[C@@H](CCCCNC(=O)C1CCCC1)C(=O)O)OCC1c2ccccc2-c2ccccc21. The number of alkyl carbamates (subject to hydrolysis) is 1. The molecule has 1 atom stereocenters. The van der Waals surface area contributed by atoms with Gasteiger partial charge in [0.1, 0.15) is 12.6 Å². The van der Waals surface area contributed by atoms with E-state index in [1.54, 1.807) is 0 Å². The van der Waals surface area contributed by atoms with Crippen molar-refractivity contribution < 1.29 is 24.2 Å². The fraction of sp³-hybridized carbons (Fsp3) is 0.444. The van der Waals surface area contributed by atoms with Crippen LogP contribution in [0.5, 0.6) is 0 Å². The molecule has 2 amide bonds. The number of unbranched alkanes of at least 4 members (excludes halogenated alkanes) is 1. The topological polar surface area (TPSA) is 105 Å². The molecule has 7 nitrogen and oxygen atoms in total. The molecular formula is C27H32N2O5. The molecule has 2 aliphatic rings. The first-order valence-electron chi connectivity index (χ1n) is 12.2. The lowest BCUT2D eigenvalue weighted by molar-refractivity contribution is -0.139. The highest BCUT2D eigenvalue weighted by Gasteiger charge is 2.29. The smallest absolute Gasteiger partial charge is 0.407 e. The van der Waals surface area contributed by atoms with Gasteiger partial charge in [-0.1, -0.05) is 61.4 Å². The third kappa shape index (κ3) is 5.58. The van der Waals surface area contributed by atoms with Crippen molar-refractivity contribution in [2.45, 2.75) is 56.9 Å². The van der Waals surface area contributed by atoms with Gasteiger partial charge in [-0.3, -0.25) is 4.79 Å². The summed E-state index contributed by atoms with van der Waals surface area (Å²) in [5.74, 6) is -0.945. The maximum Gasteiger partial charge on any atom is 0.407 e. The molecule has 0 unspecified atom stereocenters. The van der Waals surface area contributed by atoms with Crippen molar-refractivity contribution in [1.29, 1.82) is 0 Å². The Balaban J connectivity index is 1.23. The average molecular weight is 465 g/mol. The van der Waals surface area contributed by atoms with Crippen molar-refractivity contribution >= 4 is 18.0 Å². The van der Waals surface area contributed by atoms with Gasteiger partial charge in [0.2, 0.25) is 5.91 Å². The number of benzene rings is 2. The molecule has 2 aromatic carbocycles. The molecule has 0 aliphatic heterocycles. The van der Waals surface area contributed by atoms with Crippen LogP contribution in [0.15, 0.2) is 48.5 Å². The van der Waals surface area contributed by atoms with Crippen LogP contribution in [0.4, 0.5) is 4.79 Å². The van der Waals surface area contributed by atoms with Gasteiger partial charge in [-0.05, 0) is 54.4 Å². The van der Waals surface area contributed by atoms with Gasteiger partial charge in [-0.15, -0.1) is 0 Å². The van der Waals surface area contributed by atoms with Crippen LogP contribution in [0.2, 0.25) is 0 Å². The van der Waals surface area contributed by atoms with E-state index in [0.29, 0.717) is 19.4 Å². The summed E-state index contributed by atoms with van der Waals surface area (Å²) in [4.78, 5) is 36.1. The normalized spacial score (nSPS) is 15.9. The average Bonchev–Trinajstić information content (AvgIpc) is 3.49. The summed E-state index contributed by atoms with van der Waals surface area (Å²) >= 11 is 0. The minimum atomic E-state index is -1.09. The van der Waals surface area contributed by atoms with Crippen LogP contribution in [0.3, 0.4) is 0 Å². The lowest BCUT2D eigenvalue weighted by atomic mass is 9.98. The van der Waals surface area contributed by atoms with E-state index in [4.69, 9.17) is 4.74 Å². The van der Waals surface area contributed by atoms with Crippen molar-refractivity contribution in [1.82, 2.24) is 10.6 Å². The van der Waals surface area contributed by atoms with Gasteiger partial charge in [-0.2, -0.15) is 0 Å². The number of nitrogens with one attached hydrogen (secondary N) is 2. The lowest BCUT2D eigenvalue weighted by Gasteiger charge is -2.17. The number of hydrogen-bond donors (Lipinski definition) is 3. The molecule has 1 fully saturated rings. The number of hydrogen-bond acceptors (Lipinski definition) is 4. The zero-order valence-corrected chi connectivity index (χ0v) is 19.3. The monoisotopic (exact) mass is 464 g/mol. The van der Waals surface area contributed by atoms with E-state index in [9.17, 15) is 19.5 Å². The summed E-state index contributed by atoms with van der Waals surface area (Å²) in [6, 6.07) is 15.1. The molecule has 180 valence electrons. The molecule has 0 aromatic heterocycles. The van der Waals surface area contributed by atoms with Crippen molar-refractivity contribution in [3.05, 3.63) is 59.7 Å². The van der Waals surface area contributed by atoms with Crippen LogP contribution >= 0.6 is 0 Å². The second kappa shape index (κ2) is 11.2. The molecule has 0 radical (unpaired) electrons. The minimum Gasteiger partial charge on any atom is -0.480 e. The maximum absolute atomic E-state index is 12.4. The van der Waals surface area contributed by atoms with Crippen LogP contribution in [0.1, 0.15) is 62.0 Å². The summed E-state index contributed by atoms with van der Waals surface area (Å²) in [5, 5.41) is 14.9. The van der Waals surface area contributed by atoms with Gasteiger partial charge in [-0.25, -0.2) is 9.59 Å². The Morgan fingerprint density at radius 3 is 2.18 bits per heavy atom. The van der Waals surface area contributed by atoms with E-state index in [0.717, 1.165) is 47.9 Å². The Hall–Kier alpha value is -3.35. The second-order valence-electron chi connectivity index (χ2n) is 9.13. The van der Waals surface area contributed by atoms with E-state index in [-0.39, 0.29) is 30.8 Å². The van der Waals surface area contributed by atoms with Crippen LogP contribution in [-0.2, 0) is 14.3 Å². The first-order chi connectivity index (χ1) is 16.5. The van der Waals surface area contributed by atoms with Gasteiger partial charge in [0.15, 0.2) is 0 Å². The summed E-state index contributed by atoms with van der Waals surface area (Å²) in [6.07, 6.45) is 4.91. The van der Waals surface area contributed by atoms with Crippen LogP contribution in [-0.4, -0.2) is 42.3 Å². The predicted octanol–water partition coefficient (Wildman–Crippen LogP) is 4.46. The summed E-state index contributed by atoms with van der Waals surface area (Å²) in [5.41, 5.74) is 4.47. The van der Waals surface area contributed by atoms with Gasteiger partial charge in [0.25, 0.3) is 0 Å². The van der Waals surface area contributed by atoms with Crippen LogP contribution in [0.25, 0.3) is 11.1 Å². The number of amides is 2.